The number of nitrogens with zero attached hydrogens (tertiary/aromatic N) is 3. The van der Waals surface area contributed by atoms with E-state index in [1.165, 1.54) is 50.4 Å². The van der Waals surface area contributed by atoms with Crippen molar-refractivity contribution in [3.63, 3.8) is 0 Å². The molecule has 4 heterocycles. The molecule has 0 saturated carbocycles. The molecule has 0 bridgehead atoms. The van der Waals surface area contributed by atoms with Crippen molar-refractivity contribution in [3.8, 4) is 22.5 Å². The van der Waals surface area contributed by atoms with Gasteiger partial charge in [-0.3, -0.25) is 0 Å². The zero-order chi connectivity index (χ0) is 20.5. The van der Waals surface area contributed by atoms with Gasteiger partial charge in [-0.05, 0) is 48.9 Å². The summed E-state index contributed by atoms with van der Waals surface area (Å²) >= 11 is 0. The summed E-state index contributed by atoms with van der Waals surface area (Å²) in [6, 6.07) is 25.6. The molecule has 1 aliphatic carbocycles. The first-order valence-corrected chi connectivity index (χ1v) is 11.0. The highest BCUT2D eigenvalue weighted by molar-refractivity contribution is 6.21. The Hall–Kier alpha value is -3.72. The van der Waals surface area contributed by atoms with E-state index >= 15 is 0 Å². The van der Waals surface area contributed by atoms with Gasteiger partial charge < -0.3 is 4.40 Å². The summed E-state index contributed by atoms with van der Waals surface area (Å²) in [5, 5.41) is 12.0. The van der Waals surface area contributed by atoms with Crippen LogP contribution in [0.15, 0.2) is 72.8 Å². The number of aryl methyl sites for hydroxylation is 3. The van der Waals surface area contributed by atoms with Gasteiger partial charge in [-0.15, -0.1) is 10.2 Å². The highest BCUT2D eigenvalue weighted by atomic mass is 15.1. The highest BCUT2D eigenvalue weighted by Crippen LogP contribution is 2.45. The maximum Gasteiger partial charge on any atom is 0.103 e. The first-order chi connectivity index (χ1) is 15.3. The normalized spacial score (nSPS) is 13.6. The van der Waals surface area contributed by atoms with E-state index in [0.29, 0.717) is 0 Å². The molecule has 0 amide bonds. The molecule has 0 saturated heterocycles. The second-order valence-corrected chi connectivity index (χ2v) is 8.61. The van der Waals surface area contributed by atoms with Crippen LogP contribution in [0.2, 0.25) is 0 Å². The molecule has 0 fully saturated rings. The second-order valence-electron chi connectivity index (χ2n) is 8.61. The van der Waals surface area contributed by atoms with Crippen LogP contribution in [0.25, 0.3) is 49.8 Å². The van der Waals surface area contributed by atoms with Gasteiger partial charge in [0, 0.05) is 21.9 Å². The van der Waals surface area contributed by atoms with Gasteiger partial charge in [0.1, 0.15) is 11.4 Å². The Morgan fingerprint density at radius 1 is 0.677 bits per heavy atom. The third-order valence-corrected chi connectivity index (χ3v) is 6.96. The first kappa shape index (κ1) is 17.0. The topological polar surface area (TPSA) is 30.2 Å². The molecular weight excluding hydrogens is 378 g/mol. The van der Waals surface area contributed by atoms with Crippen LogP contribution in [-0.2, 0) is 12.8 Å². The number of rotatable bonds is 2. The molecule has 7 rings (SSSR count). The summed E-state index contributed by atoms with van der Waals surface area (Å²) in [6.07, 6.45) is 3.55. The van der Waals surface area contributed by atoms with E-state index in [1.54, 1.807) is 0 Å². The minimum Gasteiger partial charge on any atom is -0.308 e. The number of hydrogen-bond acceptors (Lipinski definition) is 2. The SMILES string of the molecule is Cc1c2c3c(ccc4c5c(-c6ccccc6)nnc(-c6ccccc6)c5c1n34)CCC2. The fourth-order valence-electron chi connectivity index (χ4n) is 5.62. The van der Waals surface area contributed by atoms with Crippen LogP contribution < -0.4 is 0 Å². The number of hydrogen-bond donors (Lipinski definition) is 0. The summed E-state index contributed by atoms with van der Waals surface area (Å²) in [7, 11) is 0. The number of aromatic nitrogens is 3. The van der Waals surface area contributed by atoms with E-state index in [1.807, 2.05) is 0 Å². The minimum absolute atomic E-state index is 0.964. The molecular formula is C28H21N3. The standard InChI is InChI=1S/C28H21N3/c1-17-21-14-8-13-20-15-16-22-23-24(27(17)31(22)28(20)21)26(19-11-6-3-7-12-19)30-29-25(23)18-9-4-2-5-10-18/h2-7,9-12,15-16H,8,13-14H2,1H3. The number of pyridine rings is 1. The Bertz CT molecular complexity index is 1590. The lowest BCUT2D eigenvalue weighted by Gasteiger charge is -2.14. The molecule has 0 unspecified atom stereocenters. The van der Waals surface area contributed by atoms with Gasteiger partial charge in [0.05, 0.1) is 16.6 Å². The largest absolute Gasteiger partial charge is 0.308 e. The Morgan fingerprint density at radius 3 is 2.00 bits per heavy atom. The van der Waals surface area contributed by atoms with Crippen LogP contribution in [0, 0.1) is 6.92 Å². The van der Waals surface area contributed by atoms with Crippen molar-refractivity contribution in [3.05, 3.63) is 89.5 Å². The van der Waals surface area contributed by atoms with Gasteiger partial charge in [0.25, 0.3) is 0 Å². The van der Waals surface area contributed by atoms with Crippen molar-refractivity contribution in [2.75, 3.05) is 0 Å². The van der Waals surface area contributed by atoms with Gasteiger partial charge in [-0.25, -0.2) is 0 Å². The van der Waals surface area contributed by atoms with Crippen LogP contribution in [0.5, 0.6) is 0 Å². The van der Waals surface area contributed by atoms with Crippen LogP contribution in [0.3, 0.4) is 0 Å². The van der Waals surface area contributed by atoms with E-state index in [-0.39, 0.29) is 0 Å². The lowest BCUT2D eigenvalue weighted by molar-refractivity contribution is 0.801. The van der Waals surface area contributed by atoms with Crippen LogP contribution >= 0.6 is 0 Å². The highest BCUT2D eigenvalue weighted by Gasteiger charge is 2.27. The molecule has 0 N–H and O–H groups in total. The summed E-state index contributed by atoms with van der Waals surface area (Å²) < 4.78 is 2.51. The van der Waals surface area contributed by atoms with Crippen molar-refractivity contribution in [2.24, 2.45) is 0 Å². The summed E-state index contributed by atoms with van der Waals surface area (Å²) in [5.74, 6) is 0. The lowest BCUT2D eigenvalue weighted by Crippen LogP contribution is -2.02. The third-order valence-electron chi connectivity index (χ3n) is 6.96. The van der Waals surface area contributed by atoms with E-state index in [0.717, 1.165) is 35.4 Å². The first-order valence-electron chi connectivity index (χ1n) is 11.0. The summed E-state index contributed by atoms with van der Waals surface area (Å²) in [6.45, 7) is 2.29. The van der Waals surface area contributed by atoms with E-state index in [9.17, 15) is 0 Å². The van der Waals surface area contributed by atoms with Gasteiger partial charge in [0.2, 0.25) is 0 Å². The quantitative estimate of drug-likeness (QED) is 0.328. The predicted molar refractivity (Wildman–Crippen MR) is 127 cm³/mol. The number of benzene rings is 2. The van der Waals surface area contributed by atoms with E-state index in [2.05, 4.69) is 84.1 Å². The van der Waals surface area contributed by atoms with Gasteiger partial charge in [-0.2, -0.15) is 0 Å². The fraction of sp³-hybridized carbons (Fsp3) is 0.143. The van der Waals surface area contributed by atoms with E-state index < -0.39 is 0 Å². The smallest absolute Gasteiger partial charge is 0.103 e. The molecule has 2 aromatic carbocycles. The Labute approximate surface area is 180 Å². The maximum absolute atomic E-state index is 4.82. The average Bonchev–Trinajstić information content (AvgIpc) is 3.34. The number of fused-ring (bicyclic) bond motifs is 3. The van der Waals surface area contributed by atoms with Crippen molar-refractivity contribution >= 4 is 27.3 Å². The minimum atomic E-state index is 0.964. The van der Waals surface area contributed by atoms with E-state index in [4.69, 9.17) is 10.2 Å². The fourth-order valence-corrected chi connectivity index (χ4v) is 5.62. The molecule has 3 heteroatoms. The molecule has 0 aliphatic heterocycles. The summed E-state index contributed by atoms with van der Waals surface area (Å²) in [5.41, 5.74) is 12.5. The maximum atomic E-state index is 4.82. The van der Waals surface area contributed by atoms with Crippen molar-refractivity contribution < 1.29 is 0 Å². The molecule has 0 atom stereocenters. The Balaban J connectivity index is 1.75. The van der Waals surface area contributed by atoms with Gasteiger partial charge in [0.15, 0.2) is 0 Å². The molecule has 0 spiro atoms. The van der Waals surface area contributed by atoms with Crippen LogP contribution in [0.4, 0.5) is 0 Å². The van der Waals surface area contributed by atoms with Crippen molar-refractivity contribution in [1.29, 1.82) is 0 Å². The predicted octanol–water partition coefficient (Wildman–Crippen LogP) is 6.60. The zero-order valence-corrected chi connectivity index (χ0v) is 17.4. The molecule has 31 heavy (non-hydrogen) atoms. The van der Waals surface area contributed by atoms with Crippen LogP contribution in [0.1, 0.15) is 23.1 Å². The molecule has 4 aromatic heterocycles. The Kier molecular flexibility index (Phi) is 3.37. The van der Waals surface area contributed by atoms with Gasteiger partial charge in [-0.1, -0.05) is 66.7 Å². The third kappa shape index (κ3) is 2.18. The van der Waals surface area contributed by atoms with Gasteiger partial charge >= 0.3 is 0 Å². The monoisotopic (exact) mass is 399 g/mol. The van der Waals surface area contributed by atoms with Crippen molar-refractivity contribution in [2.45, 2.75) is 26.2 Å². The molecule has 1 aliphatic rings. The zero-order valence-electron chi connectivity index (χ0n) is 17.4. The molecule has 6 aromatic rings. The second kappa shape index (κ2) is 6.14. The molecule has 148 valence electrons. The molecule has 0 radical (unpaired) electrons. The summed E-state index contributed by atoms with van der Waals surface area (Å²) in [4.78, 5) is 0. The Morgan fingerprint density at radius 2 is 1.32 bits per heavy atom. The average molecular weight is 399 g/mol. The van der Waals surface area contributed by atoms with Crippen molar-refractivity contribution in [1.82, 2.24) is 14.6 Å². The molecule has 3 nitrogen and oxygen atoms in total. The lowest BCUT2D eigenvalue weighted by atomic mass is 9.92. The van der Waals surface area contributed by atoms with Crippen LogP contribution in [-0.4, -0.2) is 14.6 Å².